The van der Waals surface area contributed by atoms with Crippen LogP contribution in [0.4, 0.5) is 0 Å². The first-order valence-corrected chi connectivity index (χ1v) is 6.71. The van der Waals surface area contributed by atoms with Gasteiger partial charge in [0.05, 0.1) is 0 Å². The maximum Gasteiger partial charge on any atom is 0.119 e. The zero-order valence-electron chi connectivity index (χ0n) is 11.8. The fourth-order valence-electron chi connectivity index (χ4n) is 1.74. The molecule has 100 valence electrons. The molecule has 1 atom stereocenters. The Bertz CT molecular complexity index is 356. The Morgan fingerprint density at radius 3 is 2.56 bits per heavy atom. The van der Waals surface area contributed by atoms with Crippen molar-refractivity contribution in [2.45, 2.75) is 39.7 Å². The monoisotopic (exact) mass is 247 g/mol. The molecular formula is C16H25NO. The second-order valence-corrected chi connectivity index (χ2v) is 4.95. The zero-order valence-corrected chi connectivity index (χ0v) is 11.8. The average molecular weight is 247 g/mol. The van der Waals surface area contributed by atoms with Gasteiger partial charge in [0, 0.05) is 6.04 Å². The van der Waals surface area contributed by atoms with Crippen molar-refractivity contribution in [3.8, 4) is 5.75 Å². The van der Waals surface area contributed by atoms with Gasteiger partial charge in [0.15, 0.2) is 0 Å². The second kappa shape index (κ2) is 7.93. The summed E-state index contributed by atoms with van der Waals surface area (Å²) in [5.74, 6) is 0.913. The Morgan fingerprint density at radius 2 is 2.00 bits per heavy atom. The predicted molar refractivity (Wildman–Crippen MR) is 78.2 cm³/mol. The summed E-state index contributed by atoms with van der Waals surface area (Å²) in [4.78, 5) is 0. The minimum Gasteiger partial charge on any atom is -0.489 e. The number of rotatable bonds is 8. The van der Waals surface area contributed by atoms with Gasteiger partial charge in [-0.25, -0.2) is 0 Å². The molecule has 1 N–H and O–H groups in total. The molecule has 1 unspecified atom stereocenters. The second-order valence-electron chi connectivity index (χ2n) is 4.95. The molecule has 0 fully saturated rings. The molecule has 2 heteroatoms. The van der Waals surface area contributed by atoms with E-state index < -0.39 is 0 Å². The summed E-state index contributed by atoms with van der Waals surface area (Å²) in [7, 11) is 0. The van der Waals surface area contributed by atoms with Crippen LogP contribution in [-0.4, -0.2) is 19.2 Å². The number of nitrogens with one attached hydrogen (secondary N) is 1. The fraction of sp³-hybridized carbons (Fsp3) is 0.500. The lowest BCUT2D eigenvalue weighted by Gasteiger charge is -2.13. The molecule has 0 aliphatic heterocycles. The largest absolute Gasteiger partial charge is 0.489 e. The van der Waals surface area contributed by atoms with Crippen LogP contribution in [0.2, 0.25) is 0 Å². The molecule has 0 aliphatic carbocycles. The van der Waals surface area contributed by atoms with E-state index in [0.717, 1.165) is 24.3 Å². The van der Waals surface area contributed by atoms with Crippen LogP contribution in [0.1, 0.15) is 32.8 Å². The smallest absolute Gasteiger partial charge is 0.119 e. The van der Waals surface area contributed by atoms with Gasteiger partial charge in [-0.15, -0.1) is 0 Å². The molecule has 2 nitrogen and oxygen atoms in total. The SMILES string of the molecule is C=C(C)COc1ccc(CC(C)NCCC)cc1. The van der Waals surface area contributed by atoms with Gasteiger partial charge in [-0.3, -0.25) is 0 Å². The Labute approximate surface area is 111 Å². The topological polar surface area (TPSA) is 21.3 Å². The minimum absolute atomic E-state index is 0.520. The van der Waals surface area contributed by atoms with E-state index in [-0.39, 0.29) is 0 Å². The van der Waals surface area contributed by atoms with Gasteiger partial charge in [-0.1, -0.05) is 25.6 Å². The number of benzene rings is 1. The Morgan fingerprint density at radius 1 is 1.33 bits per heavy atom. The van der Waals surface area contributed by atoms with E-state index >= 15 is 0 Å². The standard InChI is InChI=1S/C16H25NO/c1-5-10-17-14(4)11-15-6-8-16(9-7-15)18-12-13(2)3/h6-9,14,17H,2,5,10-12H2,1,3-4H3. The van der Waals surface area contributed by atoms with Gasteiger partial charge in [-0.05, 0) is 56.5 Å². The summed E-state index contributed by atoms with van der Waals surface area (Å²) in [6, 6.07) is 8.86. The van der Waals surface area contributed by atoms with Crippen molar-refractivity contribution < 1.29 is 4.74 Å². The maximum atomic E-state index is 5.58. The van der Waals surface area contributed by atoms with Crippen LogP contribution >= 0.6 is 0 Å². The molecule has 0 radical (unpaired) electrons. The average Bonchev–Trinajstić information content (AvgIpc) is 2.35. The van der Waals surface area contributed by atoms with E-state index in [2.05, 4.69) is 37.9 Å². The molecule has 0 aromatic heterocycles. The summed E-state index contributed by atoms with van der Waals surface area (Å²) < 4.78 is 5.58. The zero-order chi connectivity index (χ0) is 13.4. The molecule has 0 saturated heterocycles. The van der Waals surface area contributed by atoms with Crippen molar-refractivity contribution >= 4 is 0 Å². The van der Waals surface area contributed by atoms with E-state index in [9.17, 15) is 0 Å². The molecule has 1 rings (SSSR count). The molecule has 0 heterocycles. The normalized spacial score (nSPS) is 12.2. The first-order valence-electron chi connectivity index (χ1n) is 6.71. The summed E-state index contributed by atoms with van der Waals surface area (Å²) in [6.07, 6.45) is 2.23. The fourth-order valence-corrected chi connectivity index (χ4v) is 1.74. The first kappa shape index (κ1) is 14.8. The van der Waals surface area contributed by atoms with Crippen LogP contribution in [0.3, 0.4) is 0 Å². The molecule has 0 spiro atoms. The van der Waals surface area contributed by atoms with E-state index in [4.69, 9.17) is 4.74 Å². The van der Waals surface area contributed by atoms with Gasteiger partial charge in [0.25, 0.3) is 0 Å². The van der Waals surface area contributed by atoms with Crippen LogP contribution in [-0.2, 0) is 6.42 Å². The van der Waals surface area contributed by atoms with E-state index in [0.29, 0.717) is 12.6 Å². The maximum absolute atomic E-state index is 5.58. The molecule has 0 aliphatic rings. The third-order valence-corrected chi connectivity index (χ3v) is 2.69. The molecular weight excluding hydrogens is 222 g/mol. The van der Waals surface area contributed by atoms with Crippen molar-refractivity contribution in [1.29, 1.82) is 0 Å². The summed E-state index contributed by atoms with van der Waals surface area (Å²) >= 11 is 0. The van der Waals surface area contributed by atoms with Crippen LogP contribution < -0.4 is 10.1 Å². The first-order chi connectivity index (χ1) is 8.61. The lowest BCUT2D eigenvalue weighted by Crippen LogP contribution is -2.28. The molecule has 18 heavy (non-hydrogen) atoms. The lowest BCUT2D eigenvalue weighted by atomic mass is 10.1. The quantitative estimate of drug-likeness (QED) is 0.709. The summed E-state index contributed by atoms with van der Waals surface area (Å²) in [5.41, 5.74) is 2.38. The van der Waals surface area contributed by atoms with E-state index in [1.807, 2.05) is 19.1 Å². The highest BCUT2D eigenvalue weighted by atomic mass is 16.5. The van der Waals surface area contributed by atoms with Crippen LogP contribution in [0.5, 0.6) is 5.75 Å². The van der Waals surface area contributed by atoms with Crippen LogP contribution in [0, 0.1) is 0 Å². The molecule has 0 amide bonds. The van der Waals surface area contributed by atoms with Gasteiger partial charge in [0.2, 0.25) is 0 Å². The van der Waals surface area contributed by atoms with Crippen LogP contribution in [0.15, 0.2) is 36.4 Å². The third-order valence-electron chi connectivity index (χ3n) is 2.69. The van der Waals surface area contributed by atoms with Crippen molar-refractivity contribution in [1.82, 2.24) is 5.32 Å². The number of ether oxygens (including phenoxy) is 1. The highest BCUT2D eigenvalue weighted by molar-refractivity contribution is 5.28. The van der Waals surface area contributed by atoms with Crippen LogP contribution in [0.25, 0.3) is 0 Å². The summed E-state index contributed by atoms with van der Waals surface area (Å²) in [6.45, 7) is 11.9. The Balaban J connectivity index is 2.42. The molecule has 1 aromatic carbocycles. The van der Waals surface area contributed by atoms with Crippen molar-refractivity contribution in [2.24, 2.45) is 0 Å². The minimum atomic E-state index is 0.520. The molecule has 0 bridgehead atoms. The van der Waals surface area contributed by atoms with Crippen molar-refractivity contribution in [3.63, 3.8) is 0 Å². The van der Waals surface area contributed by atoms with E-state index in [1.54, 1.807) is 0 Å². The summed E-state index contributed by atoms with van der Waals surface area (Å²) in [5, 5.41) is 3.49. The number of hydrogen-bond acceptors (Lipinski definition) is 2. The van der Waals surface area contributed by atoms with Crippen molar-refractivity contribution in [2.75, 3.05) is 13.2 Å². The highest BCUT2D eigenvalue weighted by Crippen LogP contribution is 2.14. The van der Waals surface area contributed by atoms with Crippen molar-refractivity contribution in [3.05, 3.63) is 42.0 Å². The molecule has 1 aromatic rings. The predicted octanol–water partition coefficient (Wildman–Crippen LogP) is 3.57. The Kier molecular flexibility index (Phi) is 6.51. The highest BCUT2D eigenvalue weighted by Gasteiger charge is 2.02. The third kappa shape index (κ3) is 5.87. The molecule has 0 saturated carbocycles. The Hall–Kier alpha value is -1.28. The van der Waals surface area contributed by atoms with Gasteiger partial charge in [0.1, 0.15) is 12.4 Å². The van der Waals surface area contributed by atoms with E-state index in [1.165, 1.54) is 12.0 Å². The van der Waals surface area contributed by atoms with Gasteiger partial charge >= 0.3 is 0 Å². The number of hydrogen-bond donors (Lipinski definition) is 1. The lowest BCUT2D eigenvalue weighted by molar-refractivity contribution is 0.352. The van der Waals surface area contributed by atoms with Gasteiger partial charge < -0.3 is 10.1 Å². The van der Waals surface area contributed by atoms with Gasteiger partial charge in [-0.2, -0.15) is 0 Å².